The van der Waals surface area contributed by atoms with Crippen LogP contribution in [0.1, 0.15) is 31.7 Å². The zero-order valence-corrected chi connectivity index (χ0v) is 12.5. The monoisotopic (exact) mass is 274 g/mol. The quantitative estimate of drug-likeness (QED) is 0.908. The molecule has 110 valence electrons. The summed E-state index contributed by atoms with van der Waals surface area (Å²) in [6, 6.07) is 5.12. The smallest absolute Gasteiger partial charge is 0.128 e. The average Bonchev–Trinajstić information content (AvgIpc) is 2.82. The Balaban J connectivity index is 1.70. The molecule has 0 aromatic carbocycles. The first-order valence-corrected chi connectivity index (χ1v) is 8.01. The molecule has 3 heterocycles. The van der Waals surface area contributed by atoms with Crippen LogP contribution < -0.4 is 10.2 Å². The van der Waals surface area contributed by atoms with E-state index < -0.39 is 0 Å². The second-order valence-electron chi connectivity index (χ2n) is 5.93. The van der Waals surface area contributed by atoms with Crippen molar-refractivity contribution in [3.05, 3.63) is 23.9 Å². The van der Waals surface area contributed by atoms with Gasteiger partial charge < -0.3 is 10.2 Å². The SMILES string of the molecule is CCNCc1ccnc(N2CCCN3CCCC3C2)c1. The molecule has 4 heteroatoms. The van der Waals surface area contributed by atoms with Crippen molar-refractivity contribution >= 4 is 5.82 Å². The van der Waals surface area contributed by atoms with Crippen molar-refractivity contribution < 1.29 is 0 Å². The molecule has 1 aromatic rings. The lowest BCUT2D eigenvalue weighted by atomic mass is 10.2. The predicted molar refractivity (Wildman–Crippen MR) is 83.0 cm³/mol. The number of hydrogen-bond donors (Lipinski definition) is 1. The molecule has 2 fully saturated rings. The summed E-state index contributed by atoms with van der Waals surface area (Å²) in [5, 5.41) is 3.39. The molecule has 2 saturated heterocycles. The van der Waals surface area contributed by atoms with Crippen molar-refractivity contribution in [2.45, 2.75) is 38.8 Å². The minimum absolute atomic E-state index is 0.747. The molecule has 0 bridgehead atoms. The van der Waals surface area contributed by atoms with Crippen LogP contribution >= 0.6 is 0 Å². The Kier molecular flexibility index (Phi) is 4.53. The maximum atomic E-state index is 4.61. The van der Waals surface area contributed by atoms with Crippen LogP contribution in [0.5, 0.6) is 0 Å². The second kappa shape index (κ2) is 6.55. The van der Waals surface area contributed by atoms with Gasteiger partial charge in [-0.25, -0.2) is 4.98 Å². The summed E-state index contributed by atoms with van der Waals surface area (Å²) in [6.07, 6.45) is 5.94. The van der Waals surface area contributed by atoms with E-state index >= 15 is 0 Å². The van der Waals surface area contributed by atoms with Crippen LogP contribution in [-0.2, 0) is 6.54 Å². The molecular weight excluding hydrogens is 248 g/mol. The predicted octanol–water partition coefficient (Wildman–Crippen LogP) is 1.87. The summed E-state index contributed by atoms with van der Waals surface area (Å²) in [7, 11) is 0. The number of nitrogens with one attached hydrogen (secondary N) is 1. The van der Waals surface area contributed by atoms with Crippen LogP contribution in [0.4, 0.5) is 5.82 Å². The fraction of sp³-hybridized carbons (Fsp3) is 0.688. The average molecular weight is 274 g/mol. The van der Waals surface area contributed by atoms with Crippen molar-refractivity contribution in [2.24, 2.45) is 0 Å². The van der Waals surface area contributed by atoms with Crippen molar-refractivity contribution in [3.63, 3.8) is 0 Å². The van der Waals surface area contributed by atoms with E-state index in [-0.39, 0.29) is 0 Å². The van der Waals surface area contributed by atoms with Gasteiger partial charge in [0.2, 0.25) is 0 Å². The molecule has 2 aliphatic heterocycles. The molecule has 0 spiro atoms. The van der Waals surface area contributed by atoms with Gasteiger partial charge in [0.05, 0.1) is 0 Å². The summed E-state index contributed by atoms with van der Waals surface area (Å²) in [6.45, 7) is 8.95. The first kappa shape index (κ1) is 13.8. The van der Waals surface area contributed by atoms with Crippen LogP contribution in [0.25, 0.3) is 0 Å². The molecule has 1 atom stereocenters. The van der Waals surface area contributed by atoms with E-state index in [4.69, 9.17) is 0 Å². The van der Waals surface area contributed by atoms with Crippen LogP contribution in [0.3, 0.4) is 0 Å². The molecule has 4 nitrogen and oxygen atoms in total. The van der Waals surface area contributed by atoms with Gasteiger partial charge in [0.1, 0.15) is 5.82 Å². The lowest BCUT2D eigenvalue weighted by Gasteiger charge is -2.26. The van der Waals surface area contributed by atoms with Crippen molar-refractivity contribution in [1.29, 1.82) is 0 Å². The Hall–Kier alpha value is -1.13. The summed E-state index contributed by atoms with van der Waals surface area (Å²) in [5.41, 5.74) is 1.34. The zero-order chi connectivity index (χ0) is 13.8. The number of nitrogens with zero attached hydrogens (tertiary/aromatic N) is 3. The second-order valence-corrected chi connectivity index (χ2v) is 5.93. The van der Waals surface area contributed by atoms with E-state index in [1.807, 2.05) is 6.20 Å². The highest BCUT2D eigenvalue weighted by Crippen LogP contribution is 2.24. The maximum Gasteiger partial charge on any atom is 0.128 e. The third-order valence-corrected chi connectivity index (χ3v) is 4.52. The van der Waals surface area contributed by atoms with Gasteiger partial charge in [-0.2, -0.15) is 0 Å². The van der Waals surface area contributed by atoms with Gasteiger partial charge in [0.25, 0.3) is 0 Å². The van der Waals surface area contributed by atoms with E-state index in [1.165, 1.54) is 37.9 Å². The van der Waals surface area contributed by atoms with E-state index in [0.717, 1.165) is 38.0 Å². The van der Waals surface area contributed by atoms with E-state index in [0.29, 0.717) is 0 Å². The summed E-state index contributed by atoms with van der Waals surface area (Å²) in [5.74, 6) is 1.16. The Labute approximate surface area is 122 Å². The van der Waals surface area contributed by atoms with Gasteiger partial charge in [-0.3, -0.25) is 4.90 Å². The third kappa shape index (κ3) is 3.13. The number of anilines is 1. The van der Waals surface area contributed by atoms with Crippen molar-refractivity contribution in [2.75, 3.05) is 37.6 Å². The Morgan fingerprint density at radius 1 is 1.30 bits per heavy atom. The highest BCUT2D eigenvalue weighted by molar-refractivity contribution is 5.41. The van der Waals surface area contributed by atoms with Gasteiger partial charge in [-0.1, -0.05) is 6.92 Å². The molecule has 0 radical (unpaired) electrons. The lowest BCUT2D eigenvalue weighted by molar-refractivity contribution is 0.273. The molecule has 0 aliphatic carbocycles. The molecule has 0 saturated carbocycles. The number of hydrogen-bond acceptors (Lipinski definition) is 4. The third-order valence-electron chi connectivity index (χ3n) is 4.52. The Bertz CT molecular complexity index is 434. The van der Waals surface area contributed by atoms with E-state index in [1.54, 1.807) is 0 Å². The normalized spacial score (nSPS) is 23.6. The summed E-state index contributed by atoms with van der Waals surface area (Å²) in [4.78, 5) is 9.77. The Morgan fingerprint density at radius 2 is 2.20 bits per heavy atom. The minimum atomic E-state index is 0.747. The summed E-state index contributed by atoms with van der Waals surface area (Å²) >= 11 is 0. The topological polar surface area (TPSA) is 31.4 Å². The fourth-order valence-corrected chi connectivity index (χ4v) is 3.43. The number of pyridine rings is 1. The lowest BCUT2D eigenvalue weighted by Crippen LogP contribution is -2.37. The maximum absolute atomic E-state index is 4.61. The standard InChI is InChI=1S/C16H26N4/c1-2-17-12-14-6-7-18-16(11-14)20-10-4-9-19-8-3-5-15(19)13-20/h6-7,11,15,17H,2-5,8-10,12-13H2,1H3. The summed E-state index contributed by atoms with van der Waals surface area (Å²) < 4.78 is 0. The molecule has 1 aromatic heterocycles. The molecule has 1 unspecified atom stereocenters. The highest BCUT2D eigenvalue weighted by atomic mass is 15.3. The largest absolute Gasteiger partial charge is 0.355 e. The van der Waals surface area contributed by atoms with Gasteiger partial charge in [-0.05, 0) is 50.0 Å². The van der Waals surface area contributed by atoms with Crippen molar-refractivity contribution in [1.82, 2.24) is 15.2 Å². The van der Waals surface area contributed by atoms with Crippen LogP contribution in [0.15, 0.2) is 18.3 Å². The van der Waals surface area contributed by atoms with Crippen molar-refractivity contribution in [3.8, 4) is 0 Å². The number of fused-ring (bicyclic) bond motifs is 1. The minimum Gasteiger partial charge on any atom is -0.355 e. The first-order valence-electron chi connectivity index (χ1n) is 8.01. The van der Waals surface area contributed by atoms with Crippen LogP contribution in [0, 0.1) is 0 Å². The molecular formula is C16H26N4. The fourth-order valence-electron chi connectivity index (χ4n) is 3.43. The number of rotatable bonds is 4. The Morgan fingerprint density at radius 3 is 3.10 bits per heavy atom. The molecule has 1 N–H and O–H groups in total. The van der Waals surface area contributed by atoms with Gasteiger partial charge >= 0.3 is 0 Å². The van der Waals surface area contributed by atoms with Gasteiger partial charge in [-0.15, -0.1) is 0 Å². The highest BCUT2D eigenvalue weighted by Gasteiger charge is 2.29. The van der Waals surface area contributed by atoms with E-state index in [9.17, 15) is 0 Å². The molecule has 3 rings (SSSR count). The molecule has 2 aliphatic rings. The number of aromatic nitrogens is 1. The molecule has 20 heavy (non-hydrogen) atoms. The zero-order valence-electron chi connectivity index (χ0n) is 12.5. The molecule has 0 amide bonds. The van der Waals surface area contributed by atoms with Gasteiger partial charge in [0.15, 0.2) is 0 Å². The van der Waals surface area contributed by atoms with Crippen LogP contribution in [0.2, 0.25) is 0 Å². The van der Waals surface area contributed by atoms with E-state index in [2.05, 4.69) is 39.2 Å². The van der Waals surface area contributed by atoms with Crippen LogP contribution in [-0.4, -0.2) is 48.6 Å². The first-order chi connectivity index (χ1) is 9.86. The van der Waals surface area contributed by atoms with Gasteiger partial charge in [0, 0.05) is 38.4 Å².